The number of esters is 1. The average Bonchev–Trinajstić information content (AvgIpc) is 3.76. The molecule has 3 rings (SSSR count). The van der Waals surface area contributed by atoms with Crippen molar-refractivity contribution in [2.24, 2.45) is 5.92 Å². The molecular formula is C37H53N3O6. The monoisotopic (exact) mass is 635 g/mol. The number of hydrogen-bond acceptors (Lipinski definition) is 6. The van der Waals surface area contributed by atoms with Gasteiger partial charge in [-0.15, -0.1) is 0 Å². The smallest absolute Gasteiger partial charge is 0.408 e. The molecule has 9 nitrogen and oxygen atoms in total. The molecule has 1 fully saturated rings. The van der Waals surface area contributed by atoms with Crippen LogP contribution in [-0.2, 0) is 30.3 Å². The minimum absolute atomic E-state index is 0.0706. The average molecular weight is 636 g/mol. The highest BCUT2D eigenvalue weighted by molar-refractivity contribution is 5.94. The molecule has 0 aromatic heterocycles. The Labute approximate surface area is 274 Å². The third-order valence-corrected chi connectivity index (χ3v) is 7.55. The fraction of sp³-hybridized carbons (Fsp3) is 0.568. The van der Waals surface area contributed by atoms with E-state index < -0.39 is 47.3 Å². The molecule has 46 heavy (non-hydrogen) atoms. The molecule has 1 aliphatic carbocycles. The summed E-state index contributed by atoms with van der Waals surface area (Å²) >= 11 is 0. The lowest BCUT2D eigenvalue weighted by Crippen LogP contribution is -2.55. The van der Waals surface area contributed by atoms with Gasteiger partial charge in [-0.25, -0.2) is 9.59 Å². The number of benzene rings is 2. The third kappa shape index (κ3) is 11.2. The number of carbonyl (C=O) groups is 4. The predicted octanol–water partition coefficient (Wildman–Crippen LogP) is 6.34. The molecule has 0 heterocycles. The van der Waals surface area contributed by atoms with Crippen molar-refractivity contribution in [2.45, 2.75) is 130 Å². The molecule has 3 amide bonds. The number of carbonyl (C=O) groups excluding carboxylic acids is 4. The van der Waals surface area contributed by atoms with E-state index in [2.05, 4.69) is 10.6 Å². The van der Waals surface area contributed by atoms with Gasteiger partial charge < -0.3 is 25.0 Å². The maximum Gasteiger partial charge on any atom is 0.408 e. The second-order valence-electron chi connectivity index (χ2n) is 14.8. The first-order valence-corrected chi connectivity index (χ1v) is 16.3. The fourth-order valence-electron chi connectivity index (χ4n) is 5.23. The summed E-state index contributed by atoms with van der Waals surface area (Å²) in [5.41, 5.74) is 1.99. The summed E-state index contributed by atoms with van der Waals surface area (Å²) in [6.07, 6.45) is 1.33. The Morgan fingerprint density at radius 2 is 1.43 bits per heavy atom. The zero-order chi connectivity index (χ0) is 34.4. The zero-order valence-corrected chi connectivity index (χ0v) is 29.2. The molecule has 0 saturated heterocycles. The van der Waals surface area contributed by atoms with Gasteiger partial charge in [0.1, 0.15) is 29.3 Å². The number of nitrogens with zero attached hydrogens (tertiary/aromatic N) is 1. The molecule has 9 heteroatoms. The van der Waals surface area contributed by atoms with Crippen LogP contribution in [0.3, 0.4) is 0 Å². The van der Waals surface area contributed by atoms with Gasteiger partial charge in [0.2, 0.25) is 11.8 Å². The molecule has 0 radical (unpaired) electrons. The molecule has 2 N–H and O–H groups in total. The lowest BCUT2D eigenvalue weighted by molar-refractivity contribution is -0.159. The Bertz CT molecular complexity index is 1370. The van der Waals surface area contributed by atoms with E-state index in [1.54, 1.807) is 46.4 Å². The Morgan fingerprint density at radius 3 is 1.96 bits per heavy atom. The number of nitrogens with one attached hydrogen (secondary N) is 2. The van der Waals surface area contributed by atoms with E-state index >= 15 is 0 Å². The summed E-state index contributed by atoms with van der Waals surface area (Å²) in [5, 5.41) is 5.76. The van der Waals surface area contributed by atoms with E-state index in [1.807, 2.05) is 76.2 Å². The molecule has 0 spiro atoms. The molecule has 3 atom stereocenters. The zero-order valence-electron chi connectivity index (χ0n) is 29.2. The number of alkyl carbamates (subject to hydrolysis) is 1. The van der Waals surface area contributed by atoms with Crippen molar-refractivity contribution in [1.29, 1.82) is 0 Å². The summed E-state index contributed by atoms with van der Waals surface area (Å²) in [4.78, 5) is 57.0. The highest BCUT2D eigenvalue weighted by Gasteiger charge is 2.45. The lowest BCUT2D eigenvalue weighted by Gasteiger charge is -2.36. The standard InChI is InChI=1S/C37H53N3O6/c1-23(2)20-29(39-35(44)46-37(8,9)10)33(42)40(28-18-19-28)31(27-17-16-24(3)25(4)21-27)32(41)38-30(34(43)45-36(5,6)7)22-26-14-12-11-13-15-26/h11-17,21,23,28-31H,18-20,22H2,1-10H3,(H,38,41)(H,39,44). The number of hydrogen-bond donors (Lipinski definition) is 2. The van der Waals surface area contributed by atoms with Gasteiger partial charge in [-0.05, 0) is 103 Å². The molecule has 2 aromatic carbocycles. The first-order chi connectivity index (χ1) is 21.3. The van der Waals surface area contributed by atoms with Crippen molar-refractivity contribution in [1.82, 2.24) is 15.5 Å². The Hall–Kier alpha value is -3.88. The van der Waals surface area contributed by atoms with Gasteiger partial charge in [-0.3, -0.25) is 9.59 Å². The highest BCUT2D eigenvalue weighted by atomic mass is 16.6. The van der Waals surface area contributed by atoms with Gasteiger partial charge in [0.25, 0.3) is 0 Å². The summed E-state index contributed by atoms with van der Waals surface area (Å²) in [6, 6.07) is 12.0. The van der Waals surface area contributed by atoms with Gasteiger partial charge in [0.05, 0.1) is 0 Å². The van der Waals surface area contributed by atoms with Crippen LogP contribution >= 0.6 is 0 Å². The van der Waals surface area contributed by atoms with Gasteiger partial charge >= 0.3 is 12.1 Å². The van der Waals surface area contributed by atoms with E-state index in [9.17, 15) is 19.2 Å². The molecule has 0 bridgehead atoms. The summed E-state index contributed by atoms with van der Waals surface area (Å²) in [6.45, 7) is 18.5. The van der Waals surface area contributed by atoms with Crippen molar-refractivity contribution in [2.75, 3.05) is 0 Å². The van der Waals surface area contributed by atoms with E-state index in [1.165, 1.54) is 0 Å². The van der Waals surface area contributed by atoms with Crippen molar-refractivity contribution in [3.63, 3.8) is 0 Å². The van der Waals surface area contributed by atoms with Crippen LogP contribution in [0.4, 0.5) is 4.79 Å². The largest absolute Gasteiger partial charge is 0.458 e. The second kappa shape index (κ2) is 15.1. The van der Waals surface area contributed by atoms with Crippen molar-refractivity contribution in [3.05, 3.63) is 70.8 Å². The minimum Gasteiger partial charge on any atom is -0.458 e. The summed E-state index contributed by atoms with van der Waals surface area (Å²) in [5.74, 6) is -1.34. The fourth-order valence-corrected chi connectivity index (χ4v) is 5.23. The van der Waals surface area contributed by atoms with Crippen molar-refractivity contribution >= 4 is 23.9 Å². The van der Waals surface area contributed by atoms with Gasteiger partial charge in [-0.1, -0.05) is 62.4 Å². The molecule has 2 aromatic rings. The molecule has 0 aliphatic heterocycles. The number of rotatable bonds is 12. The quantitative estimate of drug-likeness (QED) is 0.263. The van der Waals surface area contributed by atoms with Crippen LogP contribution < -0.4 is 10.6 Å². The Kier molecular flexibility index (Phi) is 12.0. The second-order valence-corrected chi connectivity index (χ2v) is 14.8. The van der Waals surface area contributed by atoms with Crippen LogP contribution in [0.25, 0.3) is 0 Å². The van der Waals surface area contributed by atoms with E-state index in [0.717, 1.165) is 29.5 Å². The van der Waals surface area contributed by atoms with Crippen LogP contribution in [-0.4, -0.2) is 58.1 Å². The van der Waals surface area contributed by atoms with Gasteiger partial charge in [0.15, 0.2) is 0 Å². The predicted molar refractivity (Wildman–Crippen MR) is 179 cm³/mol. The topological polar surface area (TPSA) is 114 Å². The SMILES string of the molecule is Cc1ccc(C(C(=O)NC(Cc2ccccc2)C(=O)OC(C)(C)C)N(C(=O)C(CC(C)C)NC(=O)OC(C)(C)C)C2CC2)cc1C. The Morgan fingerprint density at radius 1 is 0.826 bits per heavy atom. The summed E-state index contributed by atoms with van der Waals surface area (Å²) < 4.78 is 11.2. The maximum atomic E-state index is 14.5. The Balaban J connectivity index is 2.06. The van der Waals surface area contributed by atoms with Crippen LogP contribution in [0, 0.1) is 19.8 Å². The summed E-state index contributed by atoms with van der Waals surface area (Å²) in [7, 11) is 0. The van der Waals surface area contributed by atoms with Gasteiger partial charge in [0, 0.05) is 12.5 Å². The number of amides is 3. The molecule has 3 unspecified atom stereocenters. The molecular weight excluding hydrogens is 582 g/mol. The molecule has 252 valence electrons. The lowest BCUT2D eigenvalue weighted by atomic mass is 9.96. The van der Waals surface area contributed by atoms with Crippen LogP contribution in [0.1, 0.15) is 103 Å². The normalized spacial score (nSPS) is 15.4. The van der Waals surface area contributed by atoms with E-state index in [0.29, 0.717) is 12.0 Å². The van der Waals surface area contributed by atoms with Gasteiger partial charge in [-0.2, -0.15) is 0 Å². The first-order valence-electron chi connectivity index (χ1n) is 16.3. The highest BCUT2D eigenvalue weighted by Crippen LogP contribution is 2.37. The van der Waals surface area contributed by atoms with E-state index in [4.69, 9.17) is 9.47 Å². The number of aryl methyl sites for hydroxylation is 2. The maximum absolute atomic E-state index is 14.5. The van der Waals surface area contributed by atoms with Crippen molar-refractivity contribution < 1.29 is 28.7 Å². The number of ether oxygens (including phenoxy) is 2. The van der Waals surface area contributed by atoms with Crippen LogP contribution in [0.15, 0.2) is 48.5 Å². The van der Waals surface area contributed by atoms with E-state index in [-0.39, 0.29) is 24.3 Å². The van der Waals surface area contributed by atoms with Crippen molar-refractivity contribution in [3.8, 4) is 0 Å². The minimum atomic E-state index is -1.05. The molecule has 1 aliphatic rings. The van der Waals surface area contributed by atoms with Crippen LogP contribution in [0.5, 0.6) is 0 Å². The van der Waals surface area contributed by atoms with Crippen LogP contribution in [0.2, 0.25) is 0 Å². The molecule has 1 saturated carbocycles. The first kappa shape index (κ1) is 36.6. The third-order valence-electron chi connectivity index (χ3n) is 7.55.